The van der Waals surface area contributed by atoms with Crippen molar-refractivity contribution >= 4 is 5.97 Å². The molecule has 124 valence electrons. The fraction of sp³-hybridized carbons (Fsp3) is 0.833. The van der Waals surface area contributed by atoms with E-state index >= 15 is 0 Å². The predicted molar refractivity (Wildman–Crippen MR) is 88.5 cm³/mol. The lowest BCUT2D eigenvalue weighted by atomic mass is 10.1. The average molecular weight is 298 g/mol. The molecule has 0 saturated carbocycles. The quantitative estimate of drug-likeness (QED) is 0.327. The van der Waals surface area contributed by atoms with Gasteiger partial charge in [-0.15, -0.1) is 0 Å². The van der Waals surface area contributed by atoms with Crippen LogP contribution in [-0.2, 0) is 4.79 Å². The molecule has 0 aliphatic rings. The maximum atomic E-state index is 10.3. The number of aliphatic carboxylic acids is 1. The van der Waals surface area contributed by atoms with Gasteiger partial charge < -0.3 is 10.2 Å². The van der Waals surface area contributed by atoms with E-state index in [-0.39, 0.29) is 12.5 Å². The van der Waals surface area contributed by atoms with Crippen molar-refractivity contribution in [3.63, 3.8) is 0 Å². The first-order valence-electron chi connectivity index (χ1n) is 8.71. The zero-order valence-electron chi connectivity index (χ0n) is 13.7. The van der Waals surface area contributed by atoms with Crippen molar-refractivity contribution in [2.24, 2.45) is 0 Å². The Hall–Kier alpha value is -0.830. The number of aliphatic hydroxyl groups excluding tert-OH is 1. The van der Waals surface area contributed by atoms with E-state index in [1.807, 2.05) is 0 Å². The Balaban J connectivity index is 3.27. The monoisotopic (exact) mass is 298 g/mol. The lowest BCUT2D eigenvalue weighted by molar-refractivity contribution is -0.137. The van der Waals surface area contributed by atoms with Crippen LogP contribution in [0.25, 0.3) is 0 Å². The fourth-order valence-electron chi connectivity index (χ4n) is 2.37. The smallest absolute Gasteiger partial charge is 0.303 e. The summed E-state index contributed by atoms with van der Waals surface area (Å²) in [5.41, 5.74) is 0. The molecule has 0 heterocycles. The maximum Gasteiger partial charge on any atom is 0.303 e. The van der Waals surface area contributed by atoms with E-state index in [0.717, 1.165) is 32.1 Å². The SMILES string of the molecule is CCCCCCCC/C=C\CCC(O)CCCCC(=O)O. The molecule has 0 rings (SSSR count). The lowest BCUT2D eigenvalue weighted by Gasteiger charge is -2.07. The van der Waals surface area contributed by atoms with Gasteiger partial charge in [0.05, 0.1) is 6.10 Å². The number of rotatable bonds is 15. The molecular weight excluding hydrogens is 264 g/mol. The number of carboxylic acid groups (broad SMARTS) is 1. The molecule has 0 aromatic carbocycles. The van der Waals surface area contributed by atoms with Crippen LogP contribution >= 0.6 is 0 Å². The van der Waals surface area contributed by atoms with Gasteiger partial charge >= 0.3 is 5.97 Å². The van der Waals surface area contributed by atoms with Gasteiger partial charge in [-0.3, -0.25) is 4.79 Å². The largest absolute Gasteiger partial charge is 0.481 e. The third kappa shape index (κ3) is 17.1. The van der Waals surface area contributed by atoms with Crippen LogP contribution in [-0.4, -0.2) is 22.3 Å². The van der Waals surface area contributed by atoms with Crippen LogP contribution < -0.4 is 0 Å². The van der Waals surface area contributed by atoms with E-state index < -0.39 is 5.97 Å². The van der Waals surface area contributed by atoms with Crippen molar-refractivity contribution in [2.75, 3.05) is 0 Å². The third-order valence-corrected chi connectivity index (χ3v) is 3.74. The second kappa shape index (κ2) is 15.6. The van der Waals surface area contributed by atoms with Gasteiger partial charge in [0.2, 0.25) is 0 Å². The summed E-state index contributed by atoms with van der Waals surface area (Å²) in [6, 6.07) is 0. The third-order valence-electron chi connectivity index (χ3n) is 3.74. The van der Waals surface area contributed by atoms with E-state index in [1.165, 1.54) is 38.5 Å². The van der Waals surface area contributed by atoms with Crippen molar-refractivity contribution in [2.45, 2.75) is 96.5 Å². The first-order chi connectivity index (χ1) is 10.2. The minimum absolute atomic E-state index is 0.213. The van der Waals surface area contributed by atoms with Gasteiger partial charge in [-0.05, 0) is 38.5 Å². The molecule has 0 bridgehead atoms. The average Bonchev–Trinajstić information content (AvgIpc) is 2.45. The van der Waals surface area contributed by atoms with Crippen LogP contribution in [0.2, 0.25) is 0 Å². The molecule has 3 nitrogen and oxygen atoms in total. The van der Waals surface area contributed by atoms with E-state index in [0.29, 0.717) is 6.42 Å². The van der Waals surface area contributed by atoms with Crippen molar-refractivity contribution in [1.82, 2.24) is 0 Å². The molecule has 2 N–H and O–H groups in total. The summed E-state index contributed by atoms with van der Waals surface area (Å²) in [5, 5.41) is 18.3. The molecule has 0 saturated heterocycles. The maximum absolute atomic E-state index is 10.3. The normalized spacial score (nSPS) is 12.9. The molecule has 0 spiro atoms. The number of unbranched alkanes of at least 4 members (excludes halogenated alkanes) is 7. The summed E-state index contributed by atoms with van der Waals surface area (Å²) in [4.78, 5) is 10.3. The minimum atomic E-state index is -0.748. The standard InChI is InChI=1S/C18H34O3/c1-2-3-4-5-6-7-8-9-10-11-14-17(19)15-12-13-16-18(20)21/h9-10,17,19H,2-8,11-16H2,1H3,(H,20,21)/b10-9-. The van der Waals surface area contributed by atoms with Crippen molar-refractivity contribution < 1.29 is 15.0 Å². The van der Waals surface area contributed by atoms with Gasteiger partial charge in [-0.2, -0.15) is 0 Å². The Labute approximate surface area is 130 Å². The molecule has 1 unspecified atom stereocenters. The molecule has 0 fully saturated rings. The van der Waals surface area contributed by atoms with Crippen molar-refractivity contribution in [3.8, 4) is 0 Å². The van der Waals surface area contributed by atoms with Gasteiger partial charge in [-0.25, -0.2) is 0 Å². The first-order valence-corrected chi connectivity index (χ1v) is 8.71. The Morgan fingerprint density at radius 2 is 1.57 bits per heavy atom. The molecule has 0 radical (unpaired) electrons. The highest BCUT2D eigenvalue weighted by molar-refractivity contribution is 5.66. The van der Waals surface area contributed by atoms with Gasteiger partial charge in [0, 0.05) is 6.42 Å². The van der Waals surface area contributed by atoms with E-state index in [9.17, 15) is 9.90 Å². The highest BCUT2D eigenvalue weighted by Crippen LogP contribution is 2.10. The highest BCUT2D eigenvalue weighted by Gasteiger charge is 2.03. The van der Waals surface area contributed by atoms with E-state index in [2.05, 4.69) is 19.1 Å². The van der Waals surface area contributed by atoms with Crippen LogP contribution in [0, 0.1) is 0 Å². The van der Waals surface area contributed by atoms with Gasteiger partial charge in [0.1, 0.15) is 0 Å². The van der Waals surface area contributed by atoms with Gasteiger partial charge in [-0.1, -0.05) is 57.6 Å². The summed E-state index contributed by atoms with van der Waals surface area (Å²) in [7, 11) is 0. The second-order valence-corrected chi connectivity index (χ2v) is 5.90. The Morgan fingerprint density at radius 1 is 0.905 bits per heavy atom. The molecular formula is C18H34O3. The number of carboxylic acids is 1. The zero-order chi connectivity index (χ0) is 15.8. The summed E-state index contributed by atoms with van der Waals surface area (Å²) < 4.78 is 0. The summed E-state index contributed by atoms with van der Waals surface area (Å²) in [6.45, 7) is 2.24. The van der Waals surface area contributed by atoms with Crippen molar-refractivity contribution in [1.29, 1.82) is 0 Å². The summed E-state index contributed by atoms with van der Waals surface area (Å²) in [5.74, 6) is -0.748. The minimum Gasteiger partial charge on any atom is -0.481 e. The predicted octanol–water partition coefficient (Wildman–Crippen LogP) is 5.08. The van der Waals surface area contributed by atoms with Crippen LogP contribution in [0.4, 0.5) is 0 Å². The lowest BCUT2D eigenvalue weighted by Crippen LogP contribution is -2.06. The van der Waals surface area contributed by atoms with E-state index in [1.54, 1.807) is 0 Å². The first kappa shape index (κ1) is 20.2. The summed E-state index contributed by atoms with van der Waals surface area (Å²) in [6.07, 6.45) is 17.4. The molecule has 0 aliphatic heterocycles. The van der Waals surface area contributed by atoms with Crippen LogP contribution in [0.3, 0.4) is 0 Å². The van der Waals surface area contributed by atoms with Crippen LogP contribution in [0.1, 0.15) is 90.4 Å². The number of hydrogen-bond donors (Lipinski definition) is 2. The zero-order valence-corrected chi connectivity index (χ0v) is 13.7. The van der Waals surface area contributed by atoms with Gasteiger partial charge in [0.15, 0.2) is 0 Å². The van der Waals surface area contributed by atoms with Crippen LogP contribution in [0.5, 0.6) is 0 Å². The van der Waals surface area contributed by atoms with E-state index in [4.69, 9.17) is 5.11 Å². The molecule has 0 aromatic rings. The fourth-order valence-corrected chi connectivity index (χ4v) is 2.37. The Bertz CT molecular complexity index is 261. The second-order valence-electron chi connectivity index (χ2n) is 5.90. The van der Waals surface area contributed by atoms with Crippen molar-refractivity contribution in [3.05, 3.63) is 12.2 Å². The Kier molecular flexibility index (Phi) is 14.9. The highest BCUT2D eigenvalue weighted by atomic mass is 16.4. The molecule has 1 atom stereocenters. The number of aliphatic hydroxyl groups is 1. The number of hydrogen-bond acceptors (Lipinski definition) is 2. The Morgan fingerprint density at radius 3 is 2.29 bits per heavy atom. The number of allylic oxidation sites excluding steroid dienone is 2. The molecule has 0 aliphatic carbocycles. The van der Waals surface area contributed by atoms with Crippen LogP contribution in [0.15, 0.2) is 12.2 Å². The topological polar surface area (TPSA) is 57.5 Å². The molecule has 3 heteroatoms. The molecule has 21 heavy (non-hydrogen) atoms. The summed E-state index contributed by atoms with van der Waals surface area (Å²) >= 11 is 0. The molecule has 0 amide bonds. The molecule has 0 aromatic heterocycles. The number of carbonyl (C=O) groups is 1. The van der Waals surface area contributed by atoms with Gasteiger partial charge in [0.25, 0.3) is 0 Å².